The van der Waals surface area contributed by atoms with Crippen LogP contribution in [0.4, 0.5) is 5.69 Å². The van der Waals surface area contributed by atoms with Crippen LogP contribution in [-0.2, 0) is 16.1 Å². The number of halogens is 2. The lowest BCUT2D eigenvalue weighted by Crippen LogP contribution is -2.52. The predicted octanol–water partition coefficient (Wildman–Crippen LogP) is 4.48. The van der Waals surface area contributed by atoms with Crippen LogP contribution in [0.25, 0.3) is 0 Å². The molecule has 0 radical (unpaired) electrons. The quantitative estimate of drug-likeness (QED) is 0.246. The number of methoxy groups -OCH3 is 1. The number of nitrogens with one attached hydrogen (secondary N) is 1. The number of aromatic amines is 1. The van der Waals surface area contributed by atoms with Crippen molar-refractivity contribution < 1.29 is 14.3 Å². The molecule has 1 N–H and O–H groups in total. The second kappa shape index (κ2) is 12.1. The second-order valence-corrected chi connectivity index (χ2v) is 9.50. The lowest BCUT2D eigenvalue weighted by molar-refractivity contribution is -0.146. The van der Waals surface area contributed by atoms with Crippen molar-refractivity contribution in [2.75, 3.05) is 7.11 Å². The Bertz CT molecular complexity index is 1660. The Morgan fingerprint density at radius 2 is 1.72 bits per heavy atom. The number of hydrogen-bond donors (Lipinski definition) is 1. The van der Waals surface area contributed by atoms with E-state index in [0.29, 0.717) is 27.5 Å². The van der Waals surface area contributed by atoms with E-state index in [1.807, 2.05) is 0 Å². The fourth-order valence-electron chi connectivity index (χ4n) is 3.78. The number of rotatable bonds is 8. The Morgan fingerprint density at radius 3 is 2.36 bits per heavy atom. The van der Waals surface area contributed by atoms with Crippen molar-refractivity contribution in [1.82, 2.24) is 19.1 Å². The number of benzene rings is 2. The number of aromatic nitrogens is 4. The summed E-state index contributed by atoms with van der Waals surface area (Å²) in [6, 6.07) is 17.9. The molecule has 4 aromatic rings. The fourth-order valence-corrected chi connectivity index (χ4v) is 4.06. The third kappa shape index (κ3) is 6.65. The van der Waals surface area contributed by atoms with E-state index in [4.69, 9.17) is 32.7 Å². The molecule has 39 heavy (non-hydrogen) atoms. The first-order valence-electron chi connectivity index (χ1n) is 11.9. The number of pyridine rings is 1. The van der Waals surface area contributed by atoms with Crippen molar-refractivity contribution in [3.8, 4) is 11.6 Å². The van der Waals surface area contributed by atoms with Crippen LogP contribution < -0.4 is 21.7 Å². The first-order valence-corrected chi connectivity index (χ1v) is 12.6. The van der Waals surface area contributed by atoms with Gasteiger partial charge in [0.25, 0.3) is 0 Å². The van der Waals surface area contributed by atoms with Crippen molar-refractivity contribution in [1.29, 1.82) is 0 Å². The van der Waals surface area contributed by atoms with Crippen LogP contribution in [0.15, 0.2) is 81.3 Å². The van der Waals surface area contributed by atoms with Gasteiger partial charge < -0.3 is 9.47 Å². The van der Waals surface area contributed by atoms with E-state index in [9.17, 15) is 14.4 Å². The first-order chi connectivity index (χ1) is 18.7. The second-order valence-electron chi connectivity index (χ2n) is 8.68. The van der Waals surface area contributed by atoms with E-state index in [1.54, 1.807) is 80.6 Å². The van der Waals surface area contributed by atoms with E-state index < -0.39 is 29.3 Å². The van der Waals surface area contributed by atoms with Crippen LogP contribution in [0.2, 0.25) is 10.2 Å². The molecule has 0 unspecified atom stereocenters. The molecule has 0 aliphatic heterocycles. The molecule has 2 atom stereocenters. The van der Waals surface area contributed by atoms with Crippen molar-refractivity contribution in [2.24, 2.45) is 10.9 Å². The van der Waals surface area contributed by atoms with Gasteiger partial charge in [0.2, 0.25) is 11.5 Å². The lowest BCUT2D eigenvalue weighted by Gasteiger charge is -2.20. The molecule has 202 valence electrons. The number of esters is 1. The number of hydrogen-bond acceptors (Lipinski definition) is 7. The van der Waals surface area contributed by atoms with Gasteiger partial charge in [-0.15, -0.1) is 0 Å². The molecule has 0 spiro atoms. The third-order valence-corrected chi connectivity index (χ3v) is 6.53. The van der Waals surface area contributed by atoms with Gasteiger partial charge in [0.05, 0.1) is 31.3 Å². The minimum atomic E-state index is -0.782. The Labute approximate surface area is 233 Å². The Kier molecular flexibility index (Phi) is 8.68. The molecule has 0 aliphatic rings. The lowest BCUT2D eigenvalue weighted by atomic mass is 10.0. The molecule has 0 bridgehead atoms. The SMILES string of the molecule is COC(=O)[C@H](C)[C@H](C)n1c(=O)[nH]/c(=N\c2ccc(Oc3cccc(Cl)n3)cc2)n(Cc2ccc(Cl)cc2)c1=O. The summed E-state index contributed by atoms with van der Waals surface area (Å²) in [7, 11) is 1.25. The maximum absolute atomic E-state index is 13.6. The van der Waals surface area contributed by atoms with Gasteiger partial charge in [0.15, 0.2) is 0 Å². The smallest absolute Gasteiger partial charge is 0.335 e. The molecule has 0 fully saturated rings. The van der Waals surface area contributed by atoms with Crippen molar-refractivity contribution in [2.45, 2.75) is 26.4 Å². The molecule has 10 nitrogen and oxygen atoms in total. The van der Waals surface area contributed by atoms with E-state index >= 15 is 0 Å². The standard InChI is InChI=1S/C27H25Cl2N5O5/c1-16(24(35)38-3)17(2)34-26(36)32-25(33(27(34)37)15-18-7-9-19(28)10-8-18)30-20-11-13-21(14-12-20)39-23-6-4-5-22(29)31-23/h4-14,16-17H,15H2,1-3H3,(H,30,32,36)/t16-,17+/m1/s1. The number of ether oxygens (including phenoxy) is 2. The predicted molar refractivity (Wildman–Crippen MR) is 147 cm³/mol. The normalized spacial score (nSPS) is 13.1. The third-order valence-electron chi connectivity index (χ3n) is 6.07. The highest BCUT2D eigenvalue weighted by atomic mass is 35.5. The minimum Gasteiger partial charge on any atom is -0.469 e. The molecule has 12 heteroatoms. The van der Waals surface area contributed by atoms with Gasteiger partial charge in [0.1, 0.15) is 10.9 Å². The van der Waals surface area contributed by atoms with Gasteiger partial charge in [-0.2, -0.15) is 0 Å². The summed E-state index contributed by atoms with van der Waals surface area (Å²) in [5.74, 6) is -0.465. The van der Waals surface area contributed by atoms with Crippen LogP contribution in [0.1, 0.15) is 25.5 Å². The molecule has 4 rings (SSSR count). The van der Waals surface area contributed by atoms with Crippen LogP contribution >= 0.6 is 23.2 Å². The summed E-state index contributed by atoms with van der Waals surface area (Å²) in [6.07, 6.45) is 0. The molecule has 0 amide bonds. The highest BCUT2D eigenvalue weighted by Crippen LogP contribution is 2.23. The number of carbonyl (C=O) groups is 1. The zero-order valence-electron chi connectivity index (χ0n) is 21.3. The van der Waals surface area contributed by atoms with E-state index in [0.717, 1.165) is 10.1 Å². The summed E-state index contributed by atoms with van der Waals surface area (Å²) in [6.45, 7) is 3.29. The van der Waals surface area contributed by atoms with Crippen molar-refractivity contribution >= 4 is 34.9 Å². The van der Waals surface area contributed by atoms with Crippen LogP contribution in [0.3, 0.4) is 0 Å². The average Bonchev–Trinajstić information content (AvgIpc) is 2.92. The molecule has 2 aromatic heterocycles. The van der Waals surface area contributed by atoms with E-state index in [1.165, 1.54) is 11.7 Å². The van der Waals surface area contributed by atoms with Gasteiger partial charge in [-0.25, -0.2) is 24.1 Å². The molecule has 0 saturated heterocycles. The van der Waals surface area contributed by atoms with E-state index in [-0.39, 0.29) is 12.2 Å². The van der Waals surface area contributed by atoms with Gasteiger partial charge in [-0.1, -0.05) is 41.4 Å². The largest absolute Gasteiger partial charge is 0.469 e. The fraction of sp³-hybridized carbons (Fsp3) is 0.222. The molecule has 0 saturated carbocycles. The average molecular weight is 570 g/mol. The summed E-state index contributed by atoms with van der Waals surface area (Å²) in [5, 5.41) is 0.849. The van der Waals surface area contributed by atoms with E-state index in [2.05, 4.69) is 15.0 Å². The number of nitrogens with zero attached hydrogens (tertiary/aromatic N) is 4. The highest BCUT2D eigenvalue weighted by Gasteiger charge is 2.26. The first kappa shape index (κ1) is 27.9. The Hall–Kier alpha value is -4.15. The van der Waals surface area contributed by atoms with Gasteiger partial charge >= 0.3 is 17.3 Å². The topological polar surface area (TPSA) is 121 Å². The van der Waals surface area contributed by atoms with Gasteiger partial charge in [0, 0.05) is 11.1 Å². The maximum Gasteiger partial charge on any atom is 0.335 e. The van der Waals surface area contributed by atoms with Crippen LogP contribution in [-0.4, -0.2) is 32.2 Å². The summed E-state index contributed by atoms with van der Waals surface area (Å²) in [5.41, 5.74) is -0.110. The molecular weight excluding hydrogens is 545 g/mol. The highest BCUT2D eigenvalue weighted by molar-refractivity contribution is 6.30. The molecule has 2 aromatic carbocycles. The maximum atomic E-state index is 13.6. The molecule has 2 heterocycles. The Balaban J connectivity index is 1.77. The van der Waals surface area contributed by atoms with Gasteiger partial charge in [-0.3, -0.25) is 14.3 Å². The zero-order valence-corrected chi connectivity index (χ0v) is 22.8. The molecule has 0 aliphatic carbocycles. The number of carbonyl (C=O) groups excluding carboxylic acids is 1. The zero-order chi connectivity index (χ0) is 28.1. The van der Waals surface area contributed by atoms with Crippen molar-refractivity contribution in [3.05, 3.63) is 109 Å². The van der Waals surface area contributed by atoms with Crippen LogP contribution in [0, 0.1) is 5.92 Å². The van der Waals surface area contributed by atoms with Crippen molar-refractivity contribution in [3.63, 3.8) is 0 Å². The Morgan fingerprint density at radius 1 is 1.03 bits per heavy atom. The monoisotopic (exact) mass is 569 g/mol. The summed E-state index contributed by atoms with van der Waals surface area (Å²) >= 11 is 11.9. The number of H-pyrrole nitrogens is 1. The molecular formula is C27H25Cl2N5O5. The summed E-state index contributed by atoms with van der Waals surface area (Å²) < 4.78 is 12.8. The van der Waals surface area contributed by atoms with Gasteiger partial charge in [-0.05, 0) is 61.9 Å². The van der Waals surface area contributed by atoms with Crippen LogP contribution in [0.5, 0.6) is 11.6 Å². The summed E-state index contributed by atoms with van der Waals surface area (Å²) in [4.78, 5) is 50.1. The minimum absolute atomic E-state index is 0.0271.